The highest BCUT2D eigenvalue weighted by molar-refractivity contribution is 5.94. The fourth-order valence-corrected chi connectivity index (χ4v) is 3.44. The number of carbonyl (C=O) groups excluding carboxylic acids is 1. The van der Waals surface area contributed by atoms with Gasteiger partial charge < -0.3 is 14.9 Å². The number of nitrogens with zero attached hydrogens (tertiary/aromatic N) is 2. The number of H-pyrrole nitrogens is 1. The lowest BCUT2D eigenvalue weighted by molar-refractivity contribution is 0.0939. The van der Waals surface area contributed by atoms with E-state index in [0.29, 0.717) is 11.5 Å². The zero-order valence-electron chi connectivity index (χ0n) is 16.8. The summed E-state index contributed by atoms with van der Waals surface area (Å²) in [5.41, 5.74) is 3.17. The molecule has 6 heteroatoms. The molecule has 4 rings (SSSR count). The van der Waals surface area contributed by atoms with Crippen molar-refractivity contribution in [2.24, 2.45) is 7.05 Å². The van der Waals surface area contributed by atoms with Crippen molar-refractivity contribution in [2.75, 3.05) is 0 Å². The quantitative estimate of drug-likeness (QED) is 0.539. The molecule has 1 amide bonds. The summed E-state index contributed by atoms with van der Waals surface area (Å²) < 4.78 is 1.85. The number of hydrogen-bond acceptors (Lipinski definition) is 3. The van der Waals surface area contributed by atoms with Gasteiger partial charge in [-0.2, -0.15) is 0 Å². The molecule has 1 atom stereocenters. The molecule has 2 heterocycles. The van der Waals surface area contributed by atoms with Gasteiger partial charge in [-0.15, -0.1) is 0 Å². The number of pyridine rings is 1. The van der Waals surface area contributed by atoms with Crippen LogP contribution in [-0.4, -0.2) is 20.4 Å². The van der Waals surface area contributed by atoms with Crippen LogP contribution in [0.25, 0.3) is 11.3 Å². The van der Waals surface area contributed by atoms with Gasteiger partial charge in [0.2, 0.25) is 0 Å². The Morgan fingerprint density at radius 3 is 2.53 bits per heavy atom. The van der Waals surface area contributed by atoms with Crippen LogP contribution < -0.4 is 10.9 Å². The summed E-state index contributed by atoms with van der Waals surface area (Å²) in [5, 5.41) is 2.96. The third kappa shape index (κ3) is 3.93. The van der Waals surface area contributed by atoms with Crippen LogP contribution in [0.3, 0.4) is 0 Å². The standard InChI is InChI=1S/C24H22N4O2/c1-16-7-6-10-18(15-16)20-12-11-19(23(29)26-20)24(30)27-21(17-8-4-3-5-9-17)22-25-13-14-28(22)2/h3-15,21H,1-2H3,(H,26,29)(H,27,30). The minimum absolute atomic E-state index is 0.0570. The fourth-order valence-electron chi connectivity index (χ4n) is 3.44. The molecule has 0 saturated heterocycles. The van der Waals surface area contributed by atoms with Crippen LogP contribution in [0.5, 0.6) is 0 Å². The van der Waals surface area contributed by atoms with Crippen molar-refractivity contribution in [3.05, 3.63) is 112 Å². The average Bonchev–Trinajstić information content (AvgIpc) is 3.18. The predicted molar refractivity (Wildman–Crippen MR) is 116 cm³/mol. The zero-order chi connectivity index (χ0) is 21.1. The van der Waals surface area contributed by atoms with Crippen molar-refractivity contribution in [1.29, 1.82) is 0 Å². The molecule has 0 spiro atoms. The maximum atomic E-state index is 13.0. The Kier molecular flexibility index (Phi) is 5.30. The molecule has 0 radical (unpaired) electrons. The number of carbonyl (C=O) groups is 1. The van der Waals surface area contributed by atoms with Crippen molar-refractivity contribution in [3.63, 3.8) is 0 Å². The van der Waals surface area contributed by atoms with Crippen LogP contribution >= 0.6 is 0 Å². The first-order valence-electron chi connectivity index (χ1n) is 9.66. The lowest BCUT2D eigenvalue weighted by Gasteiger charge is -2.19. The van der Waals surface area contributed by atoms with Gasteiger partial charge in [0.15, 0.2) is 0 Å². The first-order valence-corrected chi connectivity index (χ1v) is 9.66. The molecule has 2 N–H and O–H groups in total. The monoisotopic (exact) mass is 398 g/mol. The summed E-state index contributed by atoms with van der Waals surface area (Å²) in [6, 6.07) is 20.2. The Morgan fingerprint density at radius 1 is 1.07 bits per heavy atom. The van der Waals surface area contributed by atoms with Gasteiger partial charge >= 0.3 is 0 Å². The number of nitrogens with one attached hydrogen (secondary N) is 2. The number of amides is 1. The Balaban J connectivity index is 1.65. The maximum Gasteiger partial charge on any atom is 0.261 e. The van der Waals surface area contributed by atoms with E-state index in [-0.39, 0.29) is 5.56 Å². The topological polar surface area (TPSA) is 79.8 Å². The summed E-state index contributed by atoms with van der Waals surface area (Å²) >= 11 is 0. The SMILES string of the molecule is Cc1cccc(-c2ccc(C(=O)NC(c3ccccc3)c3nccn3C)c(=O)[nH]2)c1. The molecular weight excluding hydrogens is 376 g/mol. The summed E-state index contributed by atoms with van der Waals surface area (Å²) in [6.07, 6.45) is 3.50. The van der Waals surface area contributed by atoms with Gasteiger partial charge in [-0.1, -0.05) is 54.1 Å². The van der Waals surface area contributed by atoms with E-state index in [2.05, 4.69) is 15.3 Å². The molecule has 0 aliphatic rings. The molecule has 150 valence electrons. The van der Waals surface area contributed by atoms with Crippen LogP contribution in [0.4, 0.5) is 0 Å². The number of aryl methyl sites for hydroxylation is 2. The molecule has 1 unspecified atom stereocenters. The van der Waals surface area contributed by atoms with Crippen LogP contribution in [-0.2, 0) is 7.05 Å². The van der Waals surface area contributed by atoms with E-state index in [1.165, 1.54) is 0 Å². The summed E-state index contributed by atoms with van der Waals surface area (Å²) in [7, 11) is 1.87. The molecule has 4 aromatic rings. The Morgan fingerprint density at radius 2 is 1.87 bits per heavy atom. The highest BCUT2D eigenvalue weighted by Crippen LogP contribution is 2.21. The molecule has 2 aromatic heterocycles. The number of rotatable bonds is 5. The number of benzene rings is 2. The van der Waals surface area contributed by atoms with Gasteiger partial charge in [-0.3, -0.25) is 9.59 Å². The van der Waals surface area contributed by atoms with Crippen molar-refractivity contribution in [1.82, 2.24) is 19.9 Å². The molecule has 30 heavy (non-hydrogen) atoms. The van der Waals surface area contributed by atoms with Crippen molar-refractivity contribution in [2.45, 2.75) is 13.0 Å². The van der Waals surface area contributed by atoms with E-state index < -0.39 is 17.5 Å². The first kappa shape index (κ1) is 19.4. The normalized spacial score (nSPS) is 11.8. The maximum absolute atomic E-state index is 13.0. The number of imidazole rings is 1. The van der Waals surface area contributed by atoms with Gasteiger partial charge in [0, 0.05) is 25.1 Å². The molecule has 0 aliphatic carbocycles. The largest absolute Gasteiger partial charge is 0.338 e. The van der Waals surface area contributed by atoms with Crippen molar-refractivity contribution >= 4 is 5.91 Å². The molecular formula is C24H22N4O2. The third-order valence-electron chi connectivity index (χ3n) is 5.01. The Bertz CT molecular complexity index is 1240. The van der Waals surface area contributed by atoms with Crippen LogP contribution in [0.15, 0.2) is 83.9 Å². The number of hydrogen-bond donors (Lipinski definition) is 2. The van der Waals surface area contributed by atoms with E-state index >= 15 is 0 Å². The smallest absolute Gasteiger partial charge is 0.261 e. The van der Waals surface area contributed by atoms with Crippen LogP contribution in [0.2, 0.25) is 0 Å². The molecule has 0 saturated carbocycles. The average molecular weight is 398 g/mol. The van der Waals surface area contributed by atoms with Crippen LogP contribution in [0.1, 0.15) is 33.4 Å². The predicted octanol–water partition coefficient (Wildman–Crippen LogP) is 3.60. The minimum Gasteiger partial charge on any atom is -0.338 e. The number of aromatic nitrogens is 3. The van der Waals surface area contributed by atoms with Gasteiger partial charge in [-0.05, 0) is 36.2 Å². The van der Waals surface area contributed by atoms with Crippen molar-refractivity contribution in [3.8, 4) is 11.3 Å². The second-order valence-corrected chi connectivity index (χ2v) is 7.20. The van der Waals surface area contributed by atoms with Crippen molar-refractivity contribution < 1.29 is 4.79 Å². The summed E-state index contributed by atoms with van der Waals surface area (Å²) in [4.78, 5) is 32.9. The van der Waals surface area contributed by atoms with E-state index in [0.717, 1.165) is 16.7 Å². The van der Waals surface area contributed by atoms with E-state index in [9.17, 15) is 9.59 Å². The first-order chi connectivity index (χ1) is 14.5. The highest BCUT2D eigenvalue weighted by Gasteiger charge is 2.22. The molecule has 0 fully saturated rings. The molecule has 0 bridgehead atoms. The molecule has 2 aromatic carbocycles. The third-order valence-corrected chi connectivity index (χ3v) is 5.01. The lowest BCUT2D eigenvalue weighted by Crippen LogP contribution is -2.34. The van der Waals surface area contributed by atoms with E-state index in [1.807, 2.05) is 79.3 Å². The zero-order valence-corrected chi connectivity index (χ0v) is 16.8. The fraction of sp³-hybridized carbons (Fsp3) is 0.125. The van der Waals surface area contributed by atoms with Gasteiger partial charge in [0.05, 0.1) is 0 Å². The molecule has 6 nitrogen and oxygen atoms in total. The Hall–Kier alpha value is -3.93. The highest BCUT2D eigenvalue weighted by atomic mass is 16.2. The lowest BCUT2D eigenvalue weighted by atomic mass is 10.0. The molecule has 0 aliphatic heterocycles. The van der Waals surface area contributed by atoms with Gasteiger partial charge in [0.25, 0.3) is 11.5 Å². The van der Waals surface area contributed by atoms with Gasteiger partial charge in [0.1, 0.15) is 17.4 Å². The van der Waals surface area contributed by atoms with E-state index in [4.69, 9.17) is 0 Å². The van der Waals surface area contributed by atoms with E-state index in [1.54, 1.807) is 18.3 Å². The second kappa shape index (κ2) is 8.21. The summed E-state index contributed by atoms with van der Waals surface area (Å²) in [5.74, 6) is 0.228. The summed E-state index contributed by atoms with van der Waals surface area (Å²) in [6.45, 7) is 1.99. The second-order valence-electron chi connectivity index (χ2n) is 7.20. The number of aromatic amines is 1. The minimum atomic E-state index is -0.477. The van der Waals surface area contributed by atoms with Gasteiger partial charge in [-0.25, -0.2) is 4.98 Å². The Labute approximate surface area is 174 Å². The van der Waals surface area contributed by atoms with Crippen LogP contribution in [0, 0.1) is 6.92 Å².